The number of ether oxygens (including phenoxy) is 2. The summed E-state index contributed by atoms with van der Waals surface area (Å²) < 4.78 is 17.2. The Kier molecular flexibility index (Phi) is 36.8. The second-order valence-electron chi connectivity index (χ2n) is 12.4. The Hall–Kier alpha value is -0.220. The van der Waals surface area contributed by atoms with Crippen molar-refractivity contribution in [1.82, 2.24) is 0 Å². The van der Waals surface area contributed by atoms with Crippen LogP contribution in [0.5, 0.6) is 0 Å². The fraction of sp³-hybridized carbons (Fsp3) is 0.972. The Morgan fingerprint density at radius 3 is 1.33 bits per heavy atom. The minimum absolute atomic E-state index is 0.122. The lowest BCUT2D eigenvalue weighted by atomic mass is 10.0. The molecule has 0 saturated heterocycles. The standard InChI is InChI=1S/C36H74NO4P/c1-3-5-7-9-11-13-15-17-19-21-23-25-27-29-31-39-32-35(33-40-42-34-37)41-36(38)30-28-26-24-22-20-18-16-14-12-10-8-6-4-2/h35,42H,3-34,37H2,1-2H3. The van der Waals surface area contributed by atoms with Gasteiger partial charge >= 0.3 is 5.97 Å². The van der Waals surface area contributed by atoms with Crippen LogP contribution in [0.1, 0.15) is 194 Å². The van der Waals surface area contributed by atoms with Gasteiger partial charge in [0, 0.05) is 28.1 Å². The van der Waals surface area contributed by atoms with Gasteiger partial charge in [0.1, 0.15) is 6.10 Å². The van der Waals surface area contributed by atoms with Gasteiger partial charge in [-0.25, -0.2) is 0 Å². The van der Waals surface area contributed by atoms with Gasteiger partial charge < -0.3 is 19.7 Å². The molecule has 0 amide bonds. The third-order valence-electron chi connectivity index (χ3n) is 8.18. The van der Waals surface area contributed by atoms with Crippen LogP contribution in [-0.4, -0.2) is 38.2 Å². The lowest BCUT2D eigenvalue weighted by Crippen LogP contribution is -2.28. The molecule has 5 nitrogen and oxygen atoms in total. The van der Waals surface area contributed by atoms with E-state index in [1.165, 1.54) is 154 Å². The first-order valence-electron chi connectivity index (χ1n) is 18.6. The van der Waals surface area contributed by atoms with Crippen molar-refractivity contribution >= 4 is 14.8 Å². The number of rotatable bonds is 36. The quantitative estimate of drug-likeness (QED) is 0.0431. The molecule has 0 saturated carbocycles. The van der Waals surface area contributed by atoms with Gasteiger partial charge in [-0.1, -0.05) is 174 Å². The third kappa shape index (κ3) is 34.3. The molecule has 0 bridgehead atoms. The van der Waals surface area contributed by atoms with Crippen molar-refractivity contribution in [2.45, 2.75) is 200 Å². The minimum atomic E-state index is -0.329. The van der Waals surface area contributed by atoms with Crippen LogP contribution < -0.4 is 5.73 Å². The van der Waals surface area contributed by atoms with E-state index in [9.17, 15) is 4.79 Å². The maximum absolute atomic E-state index is 12.4. The van der Waals surface area contributed by atoms with Gasteiger partial charge in [0.2, 0.25) is 0 Å². The molecule has 0 rings (SSSR count). The molecule has 252 valence electrons. The maximum Gasteiger partial charge on any atom is 0.306 e. The van der Waals surface area contributed by atoms with Crippen molar-refractivity contribution in [3.63, 3.8) is 0 Å². The summed E-state index contributed by atoms with van der Waals surface area (Å²) >= 11 is 0. The zero-order chi connectivity index (χ0) is 30.6. The molecule has 0 fully saturated rings. The summed E-state index contributed by atoms with van der Waals surface area (Å²) in [5.41, 5.74) is 5.57. The number of hydrogen-bond donors (Lipinski definition) is 1. The van der Waals surface area contributed by atoms with E-state index in [2.05, 4.69) is 13.8 Å². The molecule has 42 heavy (non-hydrogen) atoms. The SMILES string of the molecule is CCCCCCCCCCCCCCCCOCC(COPCN)OC(=O)CCCCCCCCCCCCCCC. The molecule has 6 heteroatoms. The fourth-order valence-electron chi connectivity index (χ4n) is 5.47. The molecule has 0 radical (unpaired) electrons. The van der Waals surface area contributed by atoms with E-state index in [-0.39, 0.29) is 20.9 Å². The van der Waals surface area contributed by atoms with Crippen LogP contribution in [0.15, 0.2) is 0 Å². The smallest absolute Gasteiger partial charge is 0.306 e. The number of hydrogen-bond acceptors (Lipinski definition) is 5. The van der Waals surface area contributed by atoms with Crippen LogP contribution in [0.3, 0.4) is 0 Å². The molecule has 0 heterocycles. The van der Waals surface area contributed by atoms with Gasteiger partial charge in [-0.15, -0.1) is 0 Å². The molecule has 0 aliphatic heterocycles. The molecule has 0 spiro atoms. The summed E-state index contributed by atoms with van der Waals surface area (Å²) in [6, 6.07) is 0. The summed E-state index contributed by atoms with van der Waals surface area (Å²) in [6.45, 7) is 6.07. The zero-order valence-corrected chi connectivity index (χ0v) is 29.4. The van der Waals surface area contributed by atoms with E-state index < -0.39 is 0 Å². The Labute approximate surface area is 264 Å². The van der Waals surface area contributed by atoms with Crippen LogP contribution in [0.4, 0.5) is 0 Å². The van der Waals surface area contributed by atoms with Crippen molar-refractivity contribution in [1.29, 1.82) is 0 Å². The first kappa shape index (κ1) is 41.8. The predicted octanol–water partition coefficient (Wildman–Crippen LogP) is 11.4. The maximum atomic E-state index is 12.4. The average molecular weight is 616 g/mol. The molecule has 2 N–H and O–H groups in total. The largest absolute Gasteiger partial charge is 0.457 e. The van der Waals surface area contributed by atoms with E-state index in [0.717, 1.165) is 25.9 Å². The Morgan fingerprint density at radius 2 is 0.929 bits per heavy atom. The van der Waals surface area contributed by atoms with Crippen LogP contribution in [0, 0.1) is 0 Å². The van der Waals surface area contributed by atoms with Crippen LogP contribution in [0.25, 0.3) is 0 Å². The molecule has 0 aromatic rings. The highest BCUT2D eigenvalue weighted by Gasteiger charge is 2.15. The molecule has 2 atom stereocenters. The van der Waals surface area contributed by atoms with Crippen LogP contribution in [0.2, 0.25) is 0 Å². The first-order valence-corrected chi connectivity index (χ1v) is 19.7. The lowest BCUT2D eigenvalue weighted by Gasteiger charge is -2.18. The van der Waals surface area contributed by atoms with Crippen molar-refractivity contribution < 1.29 is 18.8 Å². The fourth-order valence-corrected chi connectivity index (χ4v) is 5.89. The summed E-state index contributed by atoms with van der Waals surface area (Å²) in [5, 5.41) is 0. The summed E-state index contributed by atoms with van der Waals surface area (Å²) in [6.07, 6.45) is 36.6. The second-order valence-corrected chi connectivity index (χ2v) is 13.4. The van der Waals surface area contributed by atoms with E-state index in [4.69, 9.17) is 19.7 Å². The molecular weight excluding hydrogens is 541 g/mol. The van der Waals surface area contributed by atoms with E-state index in [0.29, 0.717) is 25.9 Å². The number of unbranched alkanes of at least 4 members (excludes halogenated alkanes) is 25. The zero-order valence-electron chi connectivity index (χ0n) is 28.4. The highest BCUT2D eigenvalue weighted by molar-refractivity contribution is 7.32. The summed E-state index contributed by atoms with van der Waals surface area (Å²) in [7, 11) is 0.238. The first-order chi connectivity index (χ1) is 20.7. The molecule has 2 unspecified atom stereocenters. The molecule has 0 aliphatic carbocycles. The Bertz CT molecular complexity index is 523. The number of carbonyl (C=O) groups excluding carboxylic acids is 1. The highest BCUT2D eigenvalue weighted by Crippen LogP contribution is 2.15. The van der Waals surface area contributed by atoms with Crippen molar-refractivity contribution in [2.75, 3.05) is 26.1 Å². The topological polar surface area (TPSA) is 70.8 Å². The second kappa shape index (κ2) is 37.0. The van der Waals surface area contributed by atoms with Crippen LogP contribution in [-0.2, 0) is 18.8 Å². The summed E-state index contributed by atoms with van der Waals surface area (Å²) in [4.78, 5) is 12.4. The van der Waals surface area contributed by atoms with Crippen molar-refractivity contribution in [2.24, 2.45) is 5.73 Å². The van der Waals surface area contributed by atoms with Gasteiger partial charge in [-0.05, 0) is 12.8 Å². The number of nitrogens with two attached hydrogens (primary N) is 1. The van der Waals surface area contributed by atoms with E-state index in [1.807, 2.05) is 0 Å². The van der Waals surface area contributed by atoms with E-state index in [1.54, 1.807) is 0 Å². The third-order valence-corrected chi connectivity index (χ3v) is 8.72. The van der Waals surface area contributed by atoms with Crippen molar-refractivity contribution in [3.8, 4) is 0 Å². The van der Waals surface area contributed by atoms with Crippen molar-refractivity contribution in [3.05, 3.63) is 0 Å². The molecular formula is C36H74NO4P. The van der Waals surface area contributed by atoms with Gasteiger partial charge in [-0.2, -0.15) is 0 Å². The van der Waals surface area contributed by atoms with Crippen LogP contribution >= 0.6 is 8.81 Å². The minimum Gasteiger partial charge on any atom is -0.457 e. The van der Waals surface area contributed by atoms with Gasteiger partial charge in [0.15, 0.2) is 0 Å². The number of esters is 1. The van der Waals surface area contributed by atoms with Gasteiger partial charge in [-0.3, -0.25) is 4.79 Å². The predicted molar refractivity (Wildman–Crippen MR) is 185 cm³/mol. The lowest BCUT2D eigenvalue weighted by molar-refractivity contribution is -0.154. The highest BCUT2D eigenvalue weighted by atomic mass is 31.1. The average Bonchev–Trinajstić information content (AvgIpc) is 2.99. The summed E-state index contributed by atoms with van der Waals surface area (Å²) in [5.74, 6) is -0.122. The Morgan fingerprint density at radius 1 is 0.548 bits per heavy atom. The monoisotopic (exact) mass is 616 g/mol. The van der Waals surface area contributed by atoms with E-state index >= 15 is 0 Å². The Balaban J connectivity index is 3.67. The molecule has 0 aromatic carbocycles. The number of carbonyl (C=O) groups is 1. The molecule has 0 aliphatic rings. The van der Waals surface area contributed by atoms with Gasteiger partial charge in [0.25, 0.3) is 0 Å². The molecule has 0 aromatic heterocycles. The van der Waals surface area contributed by atoms with Gasteiger partial charge in [0.05, 0.1) is 13.2 Å². The normalized spacial score (nSPS) is 12.5.